The van der Waals surface area contributed by atoms with E-state index in [0.717, 1.165) is 6.42 Å². The van der Waals surface area contributed by atoms with Crippen LogP contribution in [0.1, 0.15) is 6.42 Å². The molecule has 1 atom stereocenters. The number of ether oxygens (including phenoxy) is 2. The highest BCUT2D eigenvalue weighted by atomic mass is 16.5. The number of hydrogen-bond donors (Lipinski definition) is 0. The van der Waals surface area contributed by atoms with Gasteiger partial charge in [0.25, 0.3) is 11.8 Å². The summed E-state index contributed by atoms with van der Waals surface area (Å²) in [4.78, 5) is 25.9. The number of carbonyl (C=O) groups is 1. The van der Waals surface area contributed by atoms with Gasteiger partial charge in [0, 0.05) is 25.4 Å². The lowest BCUT2D eigenvalue weighted by molar-refractivity contribution is -0.131. The van der Waals surface area contributed by atoms with Crippen molar-refractivity contribution in [1.29, 1.82) is 0 Å². The van der Waals surface area contributed by atoms with Gasteiger partial charge in [-0.25, -0.2) is 19.6 Å². The Morgan fingerprint density at radius 3 is 2.91 bits per heavy atom. The SMILES string of the molecule is COc1nccnc1OC1CCN(C(=O)Cn2cncn2)C1. The Bertz CT molecular complexity index is 632. The van der Waals surface area contributed by atoms with Gasteiger partial charge < -0.3 is 14.4 Å². The monoisotopic (exact) mass is 304 g/mol. The largest absolute Gasteiger partial charge is 0.477 e. The van der Waals surface area contributed by atoms with Gasteiger partial charge in [-0.15, -0.1) is 0 Å². The van der Waals surface area contributed by atoms with Gasteiger partial charge >= 0.3 is 0 Å². The maximum Gasteiger partial charge on any atom is 0.278 e. The Labute approximate surface area is 126 Å². The zero-order valence-electron chi connectivity index (χ0n) is 12.1. The van der Waals surface area contributed by atoms with Crippen LogP contribution in [0.2, 0.25) is 0 Å². The summed E-state index contributed by atoms with van der Waals surface area (Å²) in [5.41, 5.74) is 0. The van der Waals surface area contributed by atoms with Crippen molar-refractivity contribution < 1.29 is 14.3 Å². The van der Waals surface area contributed by atoms with Crippen molar-refractivity contribution >= 4 is 5.91 Å². The van der Waals surface area contributed by atoms with Gasteiger partial charge in [0.15, 0.2) is 0 Å². The topological polar surface area (TPSA) is 95.3 Å². The van der Waals surface area contributed by atoms with E-state index >= 15 is 0 Å². The van der Waals surface area contributed by atoms with Gasteiger partial charge in [0.2, 0.25) is 5.91 Å². The molecular weight excluding hydrogens is 288 g/mol. The standard InChI is InChI=1S/C13H16N6O3/c1-21-12-13(16-4-3-15-12)22-10-2-5-18(6-10)11(20)7-19-9-14-8-17-19/h3-4,8-10H,2,5-7H2,1H3. The normalized spacial score (nSPS) is 17.5. The van der Waals surface area contributed by atoms with Crippen LogP contribution in [0.4, 0.5) is 0 Å². The molecule has 0 aromatic carbocycles. The molecular formula is C13H16N6O3. The quantitative estimate of drug-likeness (QED) is 0.752. The predicted molar refractivity (Wildman–Crippen MR) is 74.2 cm³/mol. The summed E-state index contributed by atoms with van der Waals surface area (Å²) in [5, 5.41) is 3.93. The van der Waals surface area contributed by atoms with Crippen molar-refractivity contribution in [2.24, 2.45) is 0 Å². The number of aromatic nitrogens is 5. The van der Waals surface area contributed by atoms with E-state index in [1.807, 2.05) is 0 Å². The highest BCUT2D eigenvalue weighted by molar-refractivity contribution is 5.76. The van der Waals surface area contributed by atoms with Crippen LogP contribution in [-0.2, 0) is 11.3 Å². The smallest absolute Gasteiger partial charge is 0.278 e. The molecule has 1 saturated heterocycles. The average Bonchev–Trinajstić information content (AvgIpc) is 3.19. The summed E-state index contributed by atoms with van der Waals surface area (Å²) in [5.74, 6) is 0.679. The fraction of sp³-hybridized carbons (Fsp3) is 0.462. The maximum absolute atomic E-state index is 12.2. The second-order valence-electron chi connectivity index (χ2n) is 4.83. The van der Waals surface area contributed by atoms with Gasteiger partial charge in [0.1, 0.15) is 25.3 Å². The summed E-state index contributed by atoms with van der Waals surface area (Å²) < 4.78 is 12.4. The molecule has 0 aliphatic carbocycles. The minimum atomic E-state index is -0.120. The van der Waals surface area contributed by atoms with Crippen LogP contribution in [0.25, 0.3) is 0 Å². The van der Waals surface area contributed by atoms with Crippen molar-refractivity contribution in [3.63, 3.8) is 0 Å². The molecule has 22 heavy (non-hydrogen) atoms. The van der Waals surface area contributed by atoms with Crippen LogP contribution >= 0.6 is 0 Å². The molecule has 1 amide bonds. The van der Waals surface area contributed by atoms with Crippen LogP contribution in [0.15, 0.2) is 25.0 Å². The van der Waals surface area contributed by atoms with Gasteiger partial charge in [-0.1, -0.05) is 0 Å². The number of rotatable bonds is 5. The molecule has 1 fully saturated rings. The molecule has 1 aliphatic heterocycles. The van der Waals surface area contributed by atoms with Crippen molar-refractivity contribution in [3.05, 3.63) is 25.0 Å². The summed E-state index contributed by atoms with van der Waals surface area (Å²) in [6.45, 7) is 1.33. The number of carbonyl (C=O) groups excluding carboxylic acids is 1. The fourth-order valence-electron chi connectivity index (χ4n) is 2.30. The Hall–Kier alpha value is -2.71. The second kappa shape index (κ2) is 6.37. The molecule has 0 saturated carbocycles. The molecule has 0 bridgehead atoms. The van der Waals surface area contributed by atoms with E-state index in [2.05, 4.69) is 20.1 Å². The molecule has 0 radical (unpaired) electrons. The number of methoxy groups -OCH3 is 1. The third-order valence-corrected chi connectivity index (χ3v) is 3.37. The molecule has 9 nitrogen and oxygen atoms in total. The molecule has 9 heteroatoms. The zero-order valence-corrected chi connectivity index (χ0v) is 12.1. The summed E-state index contributed by atoms with van der Waals surface area (Å²) >= 11 is 0. The van der Waals surface area contributed by atoms with Crippen LogP contribution in [-0.4, -0.2) is 61.8 Å². The molecule has 3 rings (SSSR count). The summed E-state index contributed by atoms with van der Waals surface area (Å²) in [7, 11) is 1.51. The third-order valence-electron chi connectivity index (χ3n) is 3.37. The first-order valence-electron chi connectivity index (χ1n) is 6.88. The first kappa shape index (κ1) is 14.2. The number of likely N-dealkylation sites (tertiary alicyclic amines) is 1. The third kappa shape index (κ3) is 3.13. The lowest BCUT2D eigenvalue weighted by Crippen LogP contribution is -2.33. The molecule has 2 aromatic heterocycles. The van der Waals surface area contributed by atoms with Crippen LogP contribution in [0, 0.1) is 0 Å². The van der Waals surface area contributed by atoms with E-state index < -0.39 is 0 Å². The van der Waals surface area contributed by atoms with E-state index in [1.165, 1.54) is 30.6 Å². The second-order valence-corrected chi connectivity index (χ2v) is 4.83. The van der Waals surface area contributed by atoms with E-state index in [9.17, 15) is 4.79 Å². The van der Waals surface area contributed by atoms with E-state index in [0.29, 0.717) is 24.8 Å². The average molecular weight is 304 g/mol. The molecule has 1 unspecified atom stereocenters. The highest BCUT2D eigenvalue weighted by Crippen LogP contribution is 2.23. The van der Waals surface area contributed by atoms with Crippen molar-refractivity contribution in [2.75, 3.05) is 20.2 Å². The summed E-state index contributed by atoms with van der Waals surface area (Å²) in [6, 6.07) is 0. The van der Waals surface area contributed by atoms with E-state index in [-0.39, 0.29) is 18.6 Å². The predicted octanol–water partition coefficient (Wildman–Crippen LogP) is -0.243. The van der Waals surface area contributed by atoms with Crippen molar-refractivity contribution in [2.45, 2.75) is 19.1 Å². The lowest BCUT2D eigenvalue weighted by atomic mass is 10.3. The number of hydrogen-bond acceptors (Lipinski definition) is 7. The fourth-order valence-corrected chi connectivity index (χ4v) is 2.30. The minimum absolute atomic E-state index is 0.0114. The van der Waals surface area contributed by atoms with Gasteiger partial charge in [0.05, 0.1) is 13.7 Å². The van der Waals surface area contributed by atoms with E-state index in [1.54, 1.807) is 11.1 Å². The van der Waals surface area contributed by atoms with Crippen molar-refractivity contribution in [3.8, 4) is 11.8 Å². The molecule has 0 N–H and O–H groups in total. The Morgan fingerprint density at radius 2 is 2.18 bits per heavy atom. The summed E-state index contributed by atoms with van der Waals surface area (Å²) in [6.07, 6.45) is 6.62. The van der Waals surface area contributed by atoms with Crippen molar-refractivity contribution in [1.82, 2.24) is 29.6 Å². The Balaban J connectivity index is 1.57. The molecule has 116 valence electrons. The molecule has 0 spiro atoms. The van der Waals surface area contributed by atoms with Gasteiger partial charge in [-0.3, -0.25) is 4.79 Å². The van der Waals surface area contributed by atoms with Gasteiger partial charge in [-0.05, 0) is 0 Å². The lowest BCUT2D eigenvalue weighted by Gasteiger charge is -2.17. The molecule has 2 aromatic rings. The molecule has 1 aliphatic rings. The highest BCUT2D eigenvalue weighted by Gasteiger charge is 2.28. The van der Waals surface area contributed by atoms with Crippen LogP contribution < -0.4 is 9.47 Å². The number of amides is 1. The maximum atomic E-state index is 12.2. The molecule has 3 heterocycles. The van der Waals surface area contributed by atoms with Crippen LogP contribution in [0.3, 0.4) is 0 Å². The van der Waals surface area contributed by atoms with E-state index in [4.69, 9.17) is 9.47 Å². The number of nitrogens with zero attached hydrogens (tertiary/aromatic N) is 6. The van der Waals surface area contributed by atoms with Crippen LogP contribution in [0.5, 0.6) is 11.8 Å². The zero-order chi connectivity index (χ0) is 15.4. The first-order valence-corrected chi connectivity index (χ1v) is 6.88. The van der Waals surface area contributed by atoms with Gasteiger partial charge in [-0.2, -0.15) is 5.10 Å². The minimum Gasteiger partial charge on any atom is -0.477 e. The first-order chi connectivity index (χ1) is 10.8. The Kier molecular flexibility index (Phi) is 4.12. The Morgan fingerprint density at radius 1 is 1.36 bits per heavy atom.